The summed E-state index contributed by atoms with van der Waals surface area (Å²) in [6.07, 6.45) is 0. The SMILES string of the molecule is CCOC(=O)c1nc(Nc2ccc(OCC(C)C)cc2)c2ccccc2n1. The number of anilines is 2. The molecule has 1 heterocycles. The Hall–Kier alpha value is -3.15. The fourth-order valence-corrected chi connectivity index (χ4v) is 2.49. The van der Waals surface area contributed by atoms with Crippen LogP contribution in [0.3, 0.4) is 0 Å². The van der Waals surface area contributed by atoms with Crippen molar-refractivity contribution in [2.75, 3.05) is 18.5 Å². The monoisotopic (exact) mass is 365 g/mol. The Labute approximate surface area is 158 Å². The van der Waals surface area contributed by atoms with Crippen molar-refractivity contribution in [1.82, 2.24) is 9.97 Å². The van der Waals surface area contributed by atoms with Gasteiger partial charge in [-0.25, -0.2) is 14.8 Å². The Balaban J connectivity index is 1.88. The van der Waals surface area contributed by atoms with Crippen LogP contribution in [0.1, 0.15) is 31.4 Å². The first kappa shape index (κ1) is 18.6. The topological polar surface area (TPSA) is 73.3 Å². The van der Waals surface area contributed by atoms with Gasteiger partial charge in [-0.2, -0.15) is 0 Å². The van der Waals surface area contributed by atoms with Gasteiger partial charge < -0.3 is 14.8 Å². The molecule has 140 valence electrons. The third-order valence-corrected chi connectivity index (χ3v) is 3.76. The zero-order valence-electron chi connectivity index (χ0n) is 15.7. The van der Waals surface area contributed by atoms with Crippen molar-refractivity contribution in [2.24, 2.45) is 5.92 Å². The summed E-state index contributed by atoms with van der Waals surface area (Å²) < 4.78 is 10.7. The van der Waals surface area contributed by atoms with Crippen molar-refractivity contribution >= 4 is 28.4 Å². The lowest BCUT2D eigenvalue weighted by Gasteiger charge is -2.12. The van der Waals surface area contributed by atoms with Crippen LogP contribution >= 0.6 is 0 Å². The minimum Gasteiger partial charge on any atom is -0.493 e. The minimum atomic E-state index is -0.538. The molecule has 27 heavy (non-hydrogen) atoms. The number of carbonyl (C=O) groups excluding carboxylic acids is 1. The number of carbonyl (C=O) groups is 1. The molecular formula is C21H23N3O3. The zero-order valence-corrected chi connectivity index (χ0v) is 15.7. The number of ether oxygens (including phenoxy) is 2. The molecule has 3 rings (SSSR count). The first-order chi connectivity index (χ1) is 13.1. The number of hydrogen-bond donors (Lipinski definition) is 1. The summed E-state index contributed by atoms with van der Waals surface area (Å²) in [5.74, 6) is 1.34. The highest BCUT2D eigenvalue weighted by Gasteiger charge is 2.15. The number of nitrogens with one attached hydrogen (secondary N) is 1. The number of hydrogen-bond acceptors (Lipinski definition) is 6. The standard InChI is InChI=1S/C21H23N3O3/c1-4-26-21(25)20-23-18-8-6-5-7-17(18)19(24-20)22-15-9-11-16(12-10-15)27-13-14(2)3/h5-12,14H,4,13H2,1-3H3,(H,22,23,24). The van der Waals surface area contributed by atoms with Crippen LogP contribution in [-0.4, -0.2) is 29.2 Å². The van der Waals surface area contributed by atoms with Gasteiger partial charge in [0.2, 0.25) is 5.82 Å². The maximum atomic E-state index is 12.1. The van der Waals surface area contributed by atoms with E-state index in [-0.39, 0.29) is 12.4 Å². The van der Waals surface area contributed by atoms with E-state index in [9.17, 15) is 4.79 Å². The Morgan fingerprint density at radius 3 is 2.52 bits per heavy atom. The Kier molecular flexibility index (Phi) is 5.86. The van der Waals surface area contributed by atoms with Crippen LogP contribution in [0.4, 0.5) is 11.5 Å². The van der Waals surface area contributed by atoms with Gasteiger partial charge in [0.1, 0.15) is 11.6 Å². The fourth-order valence-electron chi connectivity index (χ4n) is 2.49. The van der Waals surface area contributed by atoms with E-state index in [2.05, 4.69) is 29.1 Å². The Bertz CT molecular complexity index is 924. The number of benzene rings is 2. The Morgan fingerprint density at radius 2 is 1.81 bits per heavy atom. The molecule has 0 aliphatic heterocycles. The maximum Gasteiger partial charge on any atom is 0.376 e. The second-order valence-electron chi connectivity index (χ2n) is 6.49. The molecule has 0 aliphatic rings. The highest BCUT2D eigenvalue weighted by molar-refractivity contribution is 5.95. The molecule has 1 N–H and O–H groups in total. The molecule has 6 heteroatoms. The van der Waals surface area contributed by atoms with Crippen LogP contribution in [0.25, 0.3) is 10.9 Å². The molecule has 0 spiro atoms. The molecule has 0 fully saturated rings. The average Bonchev–Trinajstić information content (AvgIpc) is 2.67. The van der Waals surface area contributed by atoms with E-state index < -0.39 is 5.97 Å². The summed E-state index contributed by atoms with van der Waals surface area (Å²) in [6, 6.07) is 15.2. The first-order valence-corrected chi connectivity index (χ1v) is 9.00. The van der Waals surface area contributed by atoms with Gasteiger partial charge in [-0.1, -0.05) is 26.0 Å². The molecule has 1 aromatic heterocycles. The second-order valence-corrected chi connectivity index (χ2v) is 6.49. The van der Waals surface area contributed by atoms with E-state index in [4.69, 9.17) is 9.47 Å². The van der Waals surface area contributed by atoms with E-state index in [1.807, 2.05) is 48.5 Å². The molecular weight excluding hydrogens is 342 g/mol. The van der Waals surface area contributed by atoms with E-state index in [1.165, 1.54) is 0 Å². The molecule has 0 aliphatic carbocycles. The van der Waals surface area contributed by atoms with Gasteiger partial charge in [-0.3, -0.25) is 0 Å². The molecule has 0 atom stereocenters. The summed E-state index contributed by atoms with van der Waals surface area (Å²) in [7, 11) is 0. The lowest BCUT2D eigenvalue weighted by molar-refractivity contribution is 0.0512. The quantitative estimate of drug-likeness (QED) is 0.618. The molecule has 3 aromatic rings. The first-order valence-electron chi connectivity index (χ1n) is 9.00. The molecule has 0 radical (unpaired) electrons. The molecule has 0 bridgehead atoms. The zero-order chi connectivity index (χ0) is 19.2. The predicted molar refractivity (Wildman–Crippen MR) is 106 cm³/mol. The van der Waals surface area contributed by atoms with E-state index in [1.54, 1.807) is 6.92 Å². The number of nitrogens with zero attached hydrogens (tertiary/aromatic N) is 2. The van der Waals surface area contributed by atoms with Crippen LogP contribution in [0.5, 0.6) is 5.75 Å². The molecule has 0 saturated heterocycles. The summed E-state index contributed by atoms with van der Waals surface area (Å²) in [5, 5.41) is 4.09. The van der Waals surface area contributed by atoms with Crippen molar-refractivity contribution in [3.05, 3.63) is 54.4 Å². The number of rotatable bonds is 7. The van der Waals surface area contributed by atoms with Crippen molar-refractivity contribution in [3.63, 3.8) is 0 Å². The van der Waals surface area contributed by atoms with Gasteiger partial charge in [0.15, 0.2) is 0 Å². The summed E-state index contributed by atoms with van der Waals surface area (Å²) in [4.78, 5) is 20.7. The highest BCUT2D eigenvalue weighted by atomic mass is 16.5. The molecule has 2 aromatic carbocycles. The van der Waals surface area contributed by atoms with Crippen LogP contribution in [0.2, 0.25) is 0 Å². The minimum absolute atomic E-state index is 0.0370. The maximum absolute atomic E-state index is 12.1. The summed E-state index contributed by atoms with van der Waals surface area (Å²) in [5.41, 5.74) is 1.51. The van der Waals surface area contributed by atoms with Gasteiger partial charge in [0, 0.05) is 11.1 Å². The van der Waals surface area contributed by atoms with Crippen molar-refractivity contribution in [1.29, 1.82) is 0 Å². The summed E-state index contributed by atoms with van der Waals surface area (Å²) in [6.45, 7) is 6.91. The number of para-hydroxylation sites is 1. The van der Waals surface area contributed by atoms with Crippen molar-refractivity contribution in [3.8, 4) is 5.75 Å². The third kappa shape index (κ3) is 4.73. The van der Waals surface area contributed by atoms with Crippen LogP contribution in [-0.2, 0) is 4.74 Å². The van der Waals surface area contributed by atoms with Crippen LogP contribution < -0.4 is 10.1 Å². The van der Waals surface area contributed by atoms with Crippen LogP contribution in [0, 0.1) is 5.92 Å². The lowest BCUT2D eigenvalue weighted by Crippen LogP contribution is -2.11. The lowest BCUT2D eigenvalue weighted by atomic mass is 10.2. The van der Waals surface area contributed by atoms with E-state index in [0.717, 1.165) is 16.8 Å². The van der Waals surface area contributed by atoms with E-state index in [0.29, 0.717) is 23.9 Å². The molecule has 6 nitrogen and oxygen atoms in total. The number of fused-ring (bicyclic) bond motifs is 1. The smallest absolute Gasteiger partial charge is 0.376 e. The fraction of sp³-hybridized carbons (Fsp3) is 0.286. The van der Waals surface area contributed by atoms with E-state index >= 15 is 0 Å². The molecule has 0 unspecified atom stereocenters. The van der Waals surface area contributed by atoms with Crippen molar-refractivity contribution in [2.45, 2.75) is 20.8 Å². The van der Waals surface area contributed by atoms with Gasteiger partial charge in [0.25, 0.3) is 0 Å². The second kappa shape index (κ2) is 8.49. The van der Waals surface area contributed by atoms with Crippen LogP contribution in [0.15, 0.2) is 48.5 Å². The highest BCUT2D eigenvalue weighted by Crippen LogP contribution is 2.25. The largest absolute Gasteiger partial charge is 0.493 e. The third-order valence-electron chi connectivity index (χ3n) is 3.76. The Morgan fingerprint density at radius 1 is 1.07 bits per heavy atom. The molecule has 0 saturated carbocycles. The van der Waals surface area contributed by atoms with Gasteiger partial charge >= 0.3 is 5.97 Å². The van der Waals surface area contributed by atoms with Gasteiger partial charge in [0.05, 0.1) is 18.7 Å². The number of esters is 1. The normalized spacial score (nSPS) is 10.8. The van der Waals surface area contributed by atoms with Crippen molar-refractivity contribution < 1.29 is 14.3 Å². The van der Waals surface area contributed by atoms with Gasteiger partial charge in [-0.05, 0) is 49.2 Å². The number of aromatic nitrogens is 2. The average molecular weight is 365 g/mol. The summed E-state index contributed by atoms with van der Waals surface area (Å²) >= 11 is 0. The predicted octanol–water partition coefficient (Wildman–Crippen LogP) is 4.58. The molecule has 0 amide bonds. The van der Waals surface area contributed by atoms with Gasteiger partial charge in [-0.15, -0.1) is 0 Å².